The van der Waals surface area contributed by atoms with Gasteiger partial charge in [0, 0.05) is 0 Å². The molecule has 14 heavy (non-hydrogen) atoms. The van der Waals surface area contributed by atoms with Crippen LogP contribution in [0.4, 0.5) is 0 Å². The van der Waals surface area contributed by atoms with Crippen LogP contribution in [-0.4, -0.2) is 14.8 Å². The molecule has 1 N–H and O–H groups in total. The Labute approximate surface area is 78.6 Å². The monoisotopic (exact) mass is 189 g/mol. The van der Waals surface area contributed by atoms with E-state index in [1.165, 1.54) is 0 Å². The molecule has 1 aromatic heterocycles. The fourth-order valence-corrected chi connectivity index (χ4v) is 1.11. The molecule has 0 atom stereocenters. The van der Waals surface area contributed by atoms with Crippen LogP contribution in [0.25, 0.3) is 5.69 Å². The van der Waals surface area contributed by atoms with Crippen molar-refractivity contribution in [1.82, 2.24) is 14.8 Å². The van der Waals surface area contributed by atoms with E-state index in [-0.39, 0.29) is 0 Å². The molecule has 1 heterocycles. The van der Waals surface area contributed by atoms with Crippen LogP contribution in [-0.2, 0) is 0 Å². The molecule has 0 saturated heterocycles. The lowest BCUT2D eigenvalue weighted by molar-refractivity contribution is 0.750. The lowest BCUT2D eigenvalue weighted by atomic mass is 10.3. The maximum atomic E-state index is 11.3. The molecule has 2 aromatic rings. The molecule has 70 valence electrons. The molecule has 0 aliphatic heterocycles. The standard InChI is InChI=1S/C9H7N3O2/c13-8-6-10-12(9(14)11-8)7-4-2-1-3-5-7/h1-6H,(H,11,13,14). The Bertz CT molecular complexity index is 542. The quantitative estimate of drug-likeness (QED) is 0.682. The highest BCUT2D eigenvalue weighted by molar-refractivity contribution is 5.28. The fraction of sp³-hybridized carbons (Fsp3) is 0. The molecule has 0 amide bonds. The first-order valence-electron chi connectivity index (χ1n) is 4.01. The molecule has 0 bridgehead atoms. The van der Waals surface area contributed by atoms with Gasteiger partial charge in [0.05, 0.1) is 5.69 Å². The third kappa shape index (κ3) is 1.47. The van der Waals surface area contributed by atoms with Crippen molar-refractivity contribution in [1.29, 1.82) is 0 Å². The number of rotatable bonds is 1. The Morgan fingerprint density at radius 1 is 1.14 bits per heavy atom. The number of nitrogens with zero attached hydrogens (tertiary/aromatic N) is 2. The molecule has 0 saturated carbocycles. The normalized spacial score (nSPS) is 10.0. The molecule has 0 radical (unpaired) electrons. The van der Waals surface area contributed by atoms with E-state index in [0.717, 1.165) is 10.9 Å². The highest BCUT2D eigenvalue weighted by Gasteiger charge is 1.98. The molecule has 2 rings (SSSR count). The van der Waals surface area contributed by atoms with Crippen LogP contribution in [0.2, 0.25) is 0 Å². The van der Waals surface area contributed by atoms with E-state index in [2.05, 4.69) is 10.1 Å². The van der Waals surface area contributed by atoms with Crippen LogP contribution in [0, 0.1) is 0 Å². The first kappa shape index (κ1) is 8.43. The average Bonchev–Trinajstić information content (AvgIpc) is 2.19. The van der Waals surface area contributed by atoms with Gasteiger partial charge in [0.25, 0.3) is 5.56 Å². The van der Waals surface area contributed by atoms with Crippen LogP contribution < -0.4 is 11.2 Å². The largest absolute Gasteiger partial charge is 0.349 e. The van der Waals surface area contributed by atoms with Crippen LogP contribution >= 0.6 is 0 Å². The van der Waals surface area contributed by atoms with Crippen molar-refractivity contribution in [3.63, 3.8) is 0 Å². The van der Waals surface area contributed by atoms with E-state index < -0.39 is 11.2 Å². The molecule has 0 aliphatic carbocycles. The van der Waals surface area contributed by atoms with Crippen molar-refractivity contribution in [2.45, 2.75) is 0 Å². The van der Waals surface area contributed by atoms with Crippen molar-refractivity contribution in [3.8, 4) is 5.69 Å². The third-order valence-electron chi connectivity index (χ3n) is 1.71. The van der Waals surface area contributed by atoms with Crippen LogP contribution in [0.1, 0.15) is 0 Å². The molecule has 0 unspecified atom stereocenters. The van der Waals surface area contributed by atoms with Gasteiger partial charge < -0.3 is 0 Å². The van der Waals surface area contributed by atoms with Gasteiger partial charge >= 0.3 is 5.69 Å². The predicted octanol–water partition coefficient (Wildman–Crippen LogP) is -0.0792. The minimum Gasteiger partial charge on any atom is -0.271 e. The number of hydrogen-bond donors (Lipinski definition) is 1. The van der Waals surface area contributed by atoms with Gasteiger partial charge in [0.15, 0.2) is 0 Å². The number of aromatic amines is 1. The first-order valence-corrected chi connectivity index (χ1v) is 4.01. The number of nitrogens with one attached hydrogen (secondary N) is 1. The maximum Gasteiger partial charge on any atom is 0.349 e. The smallest absolute Gasteiger partial charge is 0.271 e. The summed E-state index contributed by atoms with van der Waals surface area (Å²) in [4.78, 5) is 24.2. The highest BCUT2D eigenvalue weighted by atomic mass is 16.2. The molecular formula is C9H7N3O2. The van der Waals surface area contributed by atoms with Gasteiger partial charge in [0.1, 0.15) is 6.20 Å². The summed E-state index contributed by atoms with van der Waals surface area (Å²) in [6.45, 7) is 0. The van der Waals surface area contributed by atoms with Gasteiger partial charge in [-0.2, -0.15) is 9.78 Å². The van der Waals surface area contributed by atoms with Gasteiger partial charge in [-0.1, -0.05) is 18.2 Å². The number of aromatic nitrogens is 3. The zero-order valence-corrected chi connectivity index (χ0v) is 7.18. The summed E-state index contributed by atoms with van der Waals surface area (Å²) < 4.78 is 1.13. The Balaban J connectivity index is 2.64. The Morgan fingerprint density at radius 3 is 2.50 bits per heavy atom. The number of para-hydroxylation sites is 1. The lowest BCUT2D eigenvalue weighted by Crippen LogP contribution is -2.30. The molecule has 5 nitrogen and oxygen atoms in total. The number of benzene rings is 1. The highest BCUT2D eigenvalue weighted by Crippen LogP contribution is 1.99. The van der Waals surface area contributed by atoms with Crippen LogP contribution in [0.15, 0.2) is 46.1 Å². The predicted molar refractivity (Wildman–Crippen MR) is 50.5 cm³/mol. The van der Waals surface area contributed by atoms with Gasteiger partial charge in [-0.3, -0.25) is 9.78 Å². The van der Waals surface area contributed by atoms with Crippen molar-refractivity contribution in [2.75, 3.05) is 0 Å². The zero-order valence-electron chi connectivity index (χ0n) is 7.18. The second kappa shape index (κ2) is 3.29. The summed E-state index contributed by atoms with van der Waals surface area (Å²) in [5.74, 6) is 0. The number of hydrogen-bond acceptors (Lipinski definition) is 3. The van der Waals surface area contributed by atoms with Gasteiger partial charge in [-0.15, -0.1) is 0 Å². The maximum absolute atomic E-state index is 11.3. The van der Waals surface area contributed by atoms with E-state index in [1.807, 2.05) is 6.07 Å². The van der Waals surface area contributed by atoms with Crippen LogP contribution in [0.5, 0.6) is 0 Å². The summed E-state index contributed by atoms with van der Waals surface area (Å²) in [5.41, 5.74) is -0.417. The Kier molecular flexibility index (Phi) is 1.98. The topological polar surface area (TPSA) is 67.8 Å². The minimum absolute atomic E-state index is 0.498. The molecule has 5 heteroatoms. The van der Waals surface area contributed by atoms with Gasteiger partial charge in [-0.05, 0) is 12.1 Å². The first-order chi connectivity index (χ1) is 6.77. The molecule has 0 aliphatic rings. The lowest BCUT2D eigenvalue weighted by Gasteiger charge is -2.00. The Hall–Kier alpha value is -2.17. The molecule has 0 spiro atoms. The van der Waals surface area contributed by atoms with Crippen molar-refractivity contribution in [3.05, 3.63) is 57.4 Å². The summed E-state index contributed by atoms with van der Waals surface area (Å²) in [6.07, 6.45) is 1.06. The minimum atomic E-state index is -0.538. The SMILES string of the molecule is O=c1cnn(-c2ccccc2)c(=O)[nH]1. The third-order valence-corrected chi connectivity index (χ3v) is 1.71. The van der Waals surface area contributed by atoms with E-state index >= 15 is 0 Å². The van der Waals surface area contributed by atoms with Crippen LogP contribution in [0.3, 0.4) is 0 Å². The summed E-state index contributed by atoms with van der Waals surface area (Å²) in [6, 6.07) is 8.86. The molecule has 0 fully saturated rings. The van der Waals surface area contributed by atoms with Gasteiger partial charge in [-0.25, -0.2) is 4.79 Å². The van der Waals surface area contributed by atoms with Crippen molar-refractivity contribution < 1.29 is 0 Å². The molecule has 1 aromatic carbocycles. The van der Waals surface area contributed by atoms with Crippen molar-refractivity contribution >= 4 is 0 Å². The average molecular weight is 189 g/mol. The summed E-state index contributed by atoms with van der Waals surface area (Å²) in [7, 11) is 0. The summed E-state index contributed by atoms with van der Waals surface area (Å²) in [5, 5.41) is 3.71. The summed E-state index contributed by atoms with van der Waals surface area (Å²) >= 11 is 0. The van der Waals surface area contributed by atoms with E-state index in [1.54, 1.807) is 24.3 Å². The Morgan fingerprint density at radius 2 is 1.86 bits per heavy atom. The zero-order chi connectivity index (χ0) is 9.97. The number of H-pyrrole nitrogens is 1. The van der Waals surface area contributed by atoms with Crippen molar-refractivity contribution in [2.24, 2.45) is 0 Å². The van der Waals surface area contributed by atoms with E-state index in [9.17, 15) is 9.59 Å². The fourth-order valence-electron chi connectivity index (χ4n) is 1.11. The van der Waals surface area contributed by atoms with E-state index in [0.29, 0.717) is 5.69 Å². The second-order valence-electron chi connectivity index (χ2n) is 2.69. The van der Waals surface area contributed by atoms with E-state index in [4.69, 9.17) is 0 Å². The molecular weight excluding hydrogens is 182 g/mol. The van der Waals surface area contributed by atoms with Gasteiger partial charge in [0.2, 0.25) is 0 Å². The second-order valence-corrected chi connectivity index (χ2v) is 2.69.